The SMILES string of the molecule is CCC1O[C@@H](O[C@H]2C(C(=O)OC)O[C@@H](O[C@@H]3C(COC(=O)c4ccccc4)O[C@H](OC)C(N=[N+]=[N-])[C@@H]3OCc3ccccc3)C(OC(=O)c3ccccc3)[C@H]2OCc2ccccc2)C(N=[N+]=[N-])[C@@H](C)[C@@H]1O[C@@H]1OC(C(=O)OC)[C@@H](O[C@H]2OC(COC(=O)c3ccccc3)[C@@H](OCc3ccccc3)[C@@H](OCc3ccccc3)C2N=[N+]=[N-])[C@@H](OCc2ccccc2)C1OCc1ccccc1. The van der Waals surface area contributed by atoms with E-state index in [-0.39, 0.29) is 62.8 Å². The van der Waals surface area contributed by atoms with Crippen molar-refractivity contribution in [1.29, 1.82) is 0 Å². The van der Waals surface area contributed by atoms with E-state index in [1.165, 1.54) is 19.2 Å². The minimum Gasteiger partial charge on any atom is -0.467 e. The molecule has 35 nitrogen and oxygen atoms in total. The van der Waals surface area contributed by atoms with Crippen molar-refractivity contribution in [3.8, 4) is 0 Å². The van der Waals surface area contributed by atoms with Crippen molar-refractivity contribution in [1.82, 2.24) is 0 Å². The lowest BCUT2D eigenvalue weighted by atomic mass is 9.87. The third-order valence-electron chi connectivity index (χ3n) is 23.2. The van der Waals surface area contributed by atoms with E-state index in [2.05, 4.69) is 30.1 Å². The summed E-state index contributed by atoms with van der Waals surface area (Å²) in [5.74, 6) is -5.61. The van der Waals surface area contributed by atoms with E-state index >= 15 is 14.4 Å². The van der Waals surface area contributed by atoms with Gasteiger partial charge in [-0.2, -0.15) is 0 Å². The van der Waals surface area contributed by atoms with Crippen LogP contribution in [0.15, 0.2) is 288 Å². The van der Waals surface area contributed by atoms with Crippen LogP contribution >= 0.6 is 0 Å². The Morgan fingerprint density at radius 2 is 0.602 bits per heavy atom. The number of rotatable bonds is 41. The summed E-state index contributed by atoms with van der Waals surface area (Å²) in [6.07, 6.45) is -32.9. The number of carbonyl (C=O) groups is 5. The summed E-state index contributed by atoms with van der Waals surface area (Å²) >= 11 is 0. The van der Waals surface area contributed by atoms with Gasteiger partial charge in [0.15, 0.2) is 49.8 Å². The zero-order valence-corrected chi connectivity index (χ0v) is 73.4. The Labute approximate surface area is 767 Å². The molecule has 5 aliphatic heterocycles. The normalized spacial score (nSPS) is 28.4. The van der Waals surface area contributed by atoms with Gasteiger partial charge in [-0.1, -0.05) is 266 Å². The van der Waals surface area contributed by atoms with Crippen LogP contribution in [0.2, 0.25) is 0 Å². The molecule has 10 unspecified atom stereocenters. The molecule has 14 rings (SSSR count). The Balaban J connectivity index is 0.834. The highest BCUT2D eigenvalue weighted by Gasteiger charge is 2.61. The van der Waals surface area contributed by atoms with Crippen molar-refractivity contribution in [2.45, 2.75) is 207 Å². The average Bonchev–Trinajstić information content (AvgIpc) is 0.754. The third kappa shape index (κ3) is 25.1. The van der Waals surface area contributed by atoms with Crippen molar-refractivity contribution in [2.24, 2.45) is 21.3 Å². The lowest BCUT2D eigenvalue weighted by Crippen LogP contribution is -2.68. The molecular weight excluding hydrogens is 1720 g/mol. The van der Waals surface area contributed by atoms with Gasteiger partial charge in [0.2, 0.25) is 0 Å². The van der Waals surface area contributed by atoms with Gasteiger partial charge in [0.1, 0.15) is 92.4 Å². The molecule has 0 radical (unpaired) electrons. The first kappa shape index (κ1) is 96.7. The van der Waals surface area contributed by atoms with Crippen molar-refractivity contribution in [3.05, 3.63) is 354 Å². The van der Waals surface area contributed by atoms with Crippen LogP contribution in [0.25, 0.3) is 31.3 Å². The van der Waals surface area contributed by atoms with Crippen molar-refractivity contribution >= 4 is 29.8 Å². The van der Waals surface area contributed by atoms with Crippen LogP contribution in [0.1, 0.15) is 84.7 Å². The van der Waals surface area contributed by atoms with E-state index in [1.54, 1.807) is 147 Å². The van der Waals surface area contributed by atoms with E-state index < -0.39 is 196 Å². The molecule has 5 heterocycles. The van der Waals surface area contributed by atoms with Gasteiger partial charge >= 0.3 is 29.8 Å². The zero-order valence-electron chi connectivity index (χ0n) is 73.4. The average molecular weight is 1820 g/mol. The summed E-state index contributed by atoms with van der Waals surface area (Å²) in [6, 6.07) is 74.5. The van der Waals surface area contributed by atoms with Gasteiger partial charge in [0.05, 0.1) is 88.8 Å². The molecule has 9 aromatic rings. The lowest BCUT2D eigenvalue weighted by Gasteiger charge is -2.51. The predicted molar refractivity (Wildman–Crippen MR) is 471 cm³/mol. The minimum atomic E-state index is -1.98. The van der Waals surface area contributed by atoms with Gasteiger partial charge in [-0.25, -0.2) is 24.0 Å². The third-order valence-corrected chi connectivity index (χ3v) is 23.2. The fraction of sp³-hybridized carbons (Fsp3) is 0.398. The smallest absolute Gasteiger partial charge is 0.338 e. The summed E-state index contributed by atoms with van der Waals surface area (Å²) in [6.45, 7) is 1.55. The Kier molecular flexibility index (Phi) is 35.5. The van der Waals surface area contributed by atoms with Gasteiger partial charge in [-0.3, -0.25) is 0 Å². The van der Waals surface area contributed by atoms with Crippen molar-refractivity contribution in [2.75, 3.05) is 34.5 Å². The van der Waals surface area contributed by atoms with E-state index in [4.69, 9.17) is 99.5 Å². The zero-order chi connectivity index (χ0) is 92.8. The molecule has 25 atom stereocenters. The van der Waals surface area contributed by atoms with Gasteiger partial charge in [-0.15, -0.1) is 0 Å². The van der Waals surface area contributed by atoms with Crippen LogP contribution in [-0.4, -0.2) is 212 Å². The maximum Gasteiger partial charge on any atom is 0.338 e. The standard InChI is InChI=1S/C98H103N9O26/c1-6-70-76(128-97-87(121-57-66-44-26-12-27-45-66)81(119-55-64-40-22-10-23-41-64)83(85(132-97)92(111)113-3)131-96-75(104-107-101)79(117-53-62-36-18-8-19-37-62)77(116-52-61-34-16-7-17-35-61)71(126-96)58-122-89(108)67-46-28-13-29-47-67)60(2)73(102-105-99)95(124-70)130-84-82(120-56-65-42-24-11-25-43-65)88(127-91(110)69-50-32-15-33-51-69)98(133-86(84)93(112)114-4)129-78-72(59-123-90(109)68-48-30-14-31-49-68)125-94(115-5)74(103-106-100)80(78)118-54-63-38-20-9-21-39-63/h7-51,60,70-88,94-98H,6,52-59H2,1-5H3/t60-,70?,71?,72?,73?,74?,75?,76+,77-,78-,79+,80+,81-,82+,83+,84-,85?,86?,87?,88?,94+,95+,96-,97-,98-/m1/s1. The summed E-state index contributed by atoms with van der Waals surface area (Å²) in [7, 11) is 3.55. The number of methoxy groups -OCH3 is 3. The number of hydrogen-bond donors (Lipinski definition) is 0. The highest BCUT2D eigenvalue weighted by molar-refractivity contribution is 5.90. The minimum absolute atomic E-state index is 0.0236. The highest BCUT2D eigenvalue weighted by Crippen LogP contribution is 2.44. The Hall–Kier alpha value is -12.4. The van der Waals surface area contributed by atoms with Gasteiger partial charge in [0, 0.05) is 21.8 Å². The molecule has 35 heteroatoms. The Morgan fingerprint density at radius 3 is 0.985 bits per heavy atom. The molecule has 133 heavy (non-hydrogen) atoms. The van der Waals surface area contributed by atoms with Crippen molar-refractivity contribution < 1.29 is 123 Å². The molecule has 0 spiro atoms. The number of hydrogen-bond acceptors (Lipinski definition) is 29. The van der Waals surface area contributed by atoms with E-state index in [9.17, 15) is 26.2 Å². The molecule has 0 aliphatic carbocycles. The predicted octanol–water partition coefficient (Wildman–Crippen LogP) is 14.7. The Morgan fingerprint density at radius 1 is 0.308 bits per heavy atom. The van der Waals surface area contributed by atoms with E-state index in [1.807, 2.05) is 127 Å². The maximum atomic E-state index is 15.2. The molecule has 0 amide bonds. The number of carbonyl (C=O) groups excluding carboxylic acids is 5. The number of ether oxygens (including phenoxy) is 21. The van der Waals surface area contributed by atoms with Crippen LogP contribution < -0.4 is 0 Å². The molecule has 5 aliphatic rings. The fourth-order valence-corrected chi connectivity index (χ4v) is 16.5. The second-order valence-electron chi connectivity index (χ2n) is 31.7. The number of benzene rings is 9. The summed E-state index contributed by atoms with van der Waals surface area (Å²) in [5.41, 5.74) is 36.4. The number of nitrogens with zero attached hydrogens (tertiary/aromatic N) is 9. The van der Waals surface area contributed by atoms with Crippen LogP contribution in [0.3, 0.4) is 0 Å². The summed E-state index contributed by atoms with van der Waals surface area (Å²) in [4.78, 5) is 83.4. The molecule has 5 saturated heterocycles. The lowest BCUT2D eigenvalue weighted by molar-refractivity contribution is -0.378. The van der Waals surface area contributed by atoms with Crippen LogP contribution in [0.4, 0.5) is 0 Å². The monoisotopic (exact) mass is 1820 g/mol. The van der Waals surface area contributed by atoms with Crippen LogP contribution in [0, 0.1) is 5.92 Å². The van der Waals surface area contributed by atoms with Gasteiger partial charge in [0.25, 0.3) is 0 Å². The van der Waals surface area contributed by atoms with Gasteiger partial charge in [-0.05, 0) is 98.7 Å². The topological polar surface area (TPSA) is 425 Å². The summed E-state index contributed by atoms with van der Waals surface area (Å²) in [5, 5.41) is 12.8. The highest BCUT2D eigenvalue weighted by atomic mass is 16.8. The second kappa shape index (κ2) is 48.9. The van der Waals surface area contributed by atoms with E-state index in [0.29, 0.717) is 22.3 Å². The quantitative estimate of drug-likeness (QED) is 0.0113. The summed E-state index contributed by atoms with van der Waals surface area (Å²) < 4.78 is 141. The molecule has 5 fully saturated rings. The molecule has 0 saturated carbocycles. The first-order valence-corrected chi connectivity index (χ1v) is 43.5. The fourth-order valence-electron chi connectivity index (χ4n) is 16.5. The molecule has 0 N–H and O–H groups in total. The number of azide groups is 3. The van der Waals surface area contributed by atoms with Crippen LogP contribution in [0.5, 0.6) is 0 Å². The first-order chi connectivity index (χ1) is 65.2. The maximum absolute atomic E-state index is 15.2. The largest absolute Gasteiger partial charge is 0.467 e. The number of esters is 5. The molecule has 9 aromatic carbocycles. The Bertz CT molecular complexity index is 5310. The van der Waals surface area contributed by atoms with Crippen molar-refractivity contribution in [3.63, 3.8) is 0 Å². The van der Waals surface area contributed by atoms with Gasteiger partial charge < -0.3 is 99.5 Å². The second-order valence-corrected chi connectivity index (χ2v) is 31.7. The van der Waals surface area contributed by atoms with E-state index in [0.717, 1.165) is 25.3 Å². The first-order valence-electron chi connectivity index (χ1n) is 43.5. The molecule has 696 valence electrons. The molecule has 0 aromatic heterocycles. The molecular formula is C98H103N9O26. The molecule has 0 bridgehead atoms. The van der Waals surface area contributed by atoms with Crippen LogP contribution in [-0.2, 0) is 149 Å².